The molecule has 2 heterocycles. The van der Waals surface area contributed by atoms with Gasteiger partial charge in [-0.1, -0.05) is 23.7 Å². The van der Waals surface area contributed by atoms with E-state index in [0.29, 0.717) is 22.4 Å². The van der Waals surface area contributed by atoms with Crippen molar-refractivity contribution in [1.29, 1.82) is 0 Å². The molecule has 0 bridgehead atoms. The van der Waals surface area contributed by atoms with Crippen LogP contribution in [-0.2, 0) is 11.4 Å². The predicted octanol–water partition coefficient (Wildman–Crippen LogP) is 4.50. The van der Waals surface area contributed by atoms with E-state index < -0.39 is 11.8 Å². The maximum Gasteiger partial charge on any atom is 0.321 e. The summed E-state index contributed by atoms with van der Waals surface area (Å²) in [4.78, 5) is 18.3. The lowest BCUT2D eigenvalue weighted by Gasteiger charge is -2.35. The first kappa shape index (κ1) is 20.1. The summed E-state index contributed by atoms with van der Waals surface area (Å²) in [5, 5.41) is 9.89. The quantitative estimate of drug-likeness (QED) is 0.717. The minimum atomic E-state index is -0.700. The fourth-order valence-electron chi connectivity index (χ4n) is 4.07. The van der Waals surface area contributed by atoms with Crippen LogP contribution in [0.4, 0.5) is 4.39 Å². The molecule has 1 saturated heterocycles. The van der Waals surface area contributed by atoms with Gasteiger partial charge in [0.05, 0.1) is 0 Å². The number of rotatable bonds is 7. The average molecular weight is 419 g/mol. The first-order valence-corrected chi connectivity index (χ1v) is 10.4. The van der Waals surface area contributed by atoms with Crippen LogP contribution in [0.5, 0.6) is 5.88 Å². The summed E-state index contributed by atoms with van der Waals surface area (Å²) in [5.41, 5.74) is 1.37. The van der Waals surface area contributed by atoms with Gasteiger partial charge in [0.15, 0.2) is 0 Å². The summed E-state index contributed by atoms with van der Waals surface area (Å²) < 4.78 is 19.6. The molecular formula is C22H24ClFN2O3. The Hall–Kier alpha value is -2.18. The van der Waals surface area contributed by atoms with Crippen molar-refractivity contribution in [3.05, 3.63) is 58.5 Å². The number of pyridine rings is 1. The van der Waals surface area contributed by atoms with Gasteiger partial charge in [0.25, 0.3) is 0 Å². The molecule has 0 radical (unpaired) electrons. The highest BCUT2D eigenvalue weighted by atomic mass is 35.5. The molecule has 1 saturated carbocycles. The number of halogens is 2. The molecule has 2 aliphatic rings. The van der Waals surface area contributed by atoms with Crippen molar-refractivity contribution >= 4 is 17.6 Å². The number of likely N-dealkylation sites (tertiary alicyclic amines) is 1. The number of carboxylic acids is 1. The SMILES string of the molecule is O=C(O)C(C1CC1)N1CCC(c2cccc(OCc3ccc(Cl)cc3F)n2)CC1. The lowest BCUT2D eigenvalue weighted by atomic mass is 9.91. The van der Waals surface area contributed by atoms with Gasteiger partial charge in [-0.3, -0.25) is 9.69 Å². The van der Waals surface area contributed by atoms with Crippen LogP contribution in [0.1, 0.15) is 42.9 Å². The standard InChI is InChI=1S/C22H24ClFN2O3/c23-17-7-6-16(18(24)12-17)13-29-20-3-1-2-19(25-20)14-8-10-26(11-9-14)21(22(27)28)15-4-5-15/h1-3,6-7,12,14-15,21H,4-5,8-11,13H2,(H,27,28). The molecule has 1 atom stereocenters. The Morgan fingerprint density at radius 2 is 2.00 bits per heavy atom. The highest BCUT2D eigenvalue weighted by molar-refractivity contribution is 6.30. The Kier molecular flexibility index (Phi) is 6.01. The third kappa shape index (κ3) is 4.87. The topological polar surface area (TPSA) is 62.7 Å². The molecule has 2 fully saturated rings. The van der Waals surface area contributed by atoms with E-state index in [0.717, 1.165) is 44.5 Å². The Morgan fingerprint density at radius 1 is 1.24 bits per heavy atom. The zero-order valence-electron chi connectivity index (χ0n) is 16.1. The lowest BCUT2D eigenvalue weighted by molar-refractivity contribution is -0.144. The monoisotopic (exact) mass is 418 g/mol. The van der Waals surface area contributed by atoms with Gasteiger partial charge in [-0.15, -0.1) is 0 Å². The number of hydrogen-bond acceptors (Lipinski definition) is 4. The van der Waals surface area contributed by atoms with Crippen LogP contribution in [0, 0.1) is 11.7 Å². The Balaban J connectivity index is 1.36. The minimum absolute atomic E-state index is 0.0829. The Morgan fingerprint density at radius 3 is 2.66 bits per heavy atom. The summed E-state index contributed by atoms with van der Waals surface area (Å²) >= 11 is 5.78. The van der Waals surface area contributed by atoms with Gasteiger partial charge < -0.3 is 9.84 Å². The summed E-state index contributed by atoms with van der Waals surface area (Å²) in [6, 6.07) is 9.80. The van der Waals surface area contributed by atoms with E-state index in [1.165, 1.54) is 6.07 Å². The number of hydrogen-bond donors (Lipinski definition) is 1. The van der Waals surface area contributed by atoms with Crippen LogP contribution in [0.2, 0.25) is 5.02 Å². The van der Waals surface area contributed by atoms with E-state index in [-0.39, 0.29) is 18.6 Å². The molecule has 0 spiro atoms. The van der Waals surface area contributed by atoms with Gasteiger partial charge in [-0.05, 0) is 62.9 Å². The third-order valence-corrected chi connectivity index (χ3v) is 6.03. The maximum atomic E-state index is 13.9. The number of aromatic nitrogens is 1. The molecule has 1 N–H and O–H groups in total. The lowest BCUT2D eigenvalue weighted by Crippen LogP contribution is -2.46. The minimum Gasteiger partial charge on any atom is -0.480 e. The molecule has 4 rings (SSSR count). The molecule has 7 heteroatoms. The molecule has 5 nitrogen and oxygen atoms in total. The van der Waals surface area contributed by atoms with E-state index in [1.54, 1.807) is 18.2 Å². The molecule has 1 unspecified atom stereocenters. The van der Waals surface area contributed by atoms with Crippen LogP contribution in [-0.4, -0.2) is 40.1 Å². The van der Waals surface area contributed by atoms with Crippen LogP contribution in [0.3, 0.4) is 0 Å². The van der Waals surface area contributed by atoms with E-state index in [4.69, 9.17) is 16.3 Å². The van der Waals surface area contributed by atoms with Crippen LogP contribution in [0.25, 0.3) is 0 Å². The van der Waals surface area contributed by atoms with Gasteiger partial charge in [0.2, 0.25) is 5.88 Å². The second-order valence-electron chi connectivity index (χ2n) is 7.86. The van der Waals surface area contributed by atoms with E-state index >= 15 is 0 Å². The largest absolute Gasteiger partial charge is 0.480 e. The van der Waals surface area contributed by atoms with Gasteiger partial charge >= 0.3 is 5.97 Å². The van der Waals surface area contributed by atoms with E-state index in [2.05, 4.69) is 9.88 Å². The second-order valence-corrected chi connectivity index (χ2v) is 8.29. The predicted molar refractivity (Wildman–Crippen MR) is 108 cm³/mol. The molecule has 1 aromatic carbocycles. The number of carbonyl (C=O) groups is 1. The van der Waals surface area contributed by atoms with Crippen molar-refractivity contribution in [3.8, 4) is 5.88 Å². The molecule has 2 aromatic rings. The normalized spacial score (nSPS) is 19.1. The summed E-state index contributed by atoms with van der Waals surface area (Å²) in [6.45, 7) is 1.61. The van der Waals surface area contributed by atoms with Gasteiger partial charge in [-0.2, -0.15) is 0 Å². The first-order valence-electron chi connectivity index (χ1n) is 10.0. The summed E-state index contributed by atoms with van der Waals surface area (Å²) in [5.74, 6) is -0.0536. The first-order chi connectivity index (χ1) is 14.0. The van der Waals surface area contributed by atoms with Gasteiger partial charge in [-0.25, -0.2) is 9.37 Å². The molecule has 1 aliphatic heterocycles. The van der Waals surface area contributed by atoms with Gasteiger partial charge in [0.1, 0.15) is 18.5 Å². The van der Waals surface area contributed by atoms with Crippen LogP contribution in [0.15, 0.2) is 36.4 Å². The number of piperidine rings is 1. The summed E-state index contributed by atoms with van der Waals surface area (Å²) in [6.07, 6.45) is 3.79. The second kappa shape index (κ2) is 8.67. The number of ether oxygens (including phenoxy) is 1. The van der Waals surface area contributed by atoms with Crippen molar-refractivity contribution < 1.29 is 19.0 Å². The highest BCUT2D eigenvalue weighted by Gasteiger charge is 2.41. The zero-order chi connectivity index (χ0) is 20.4. The average Bonchev–Trinajstić information content (AvgIpc) is 3.53. The smallest absolute Gasteiger partial charge is 0.321 e. The van der Waals surface area contributed by atoms with Crippen LogP contribution < -0.4 is 4.74 Å². The molecule has 1 aromatic heterocycles. The highest BCUT2D eigenvalue weighted by Crippen LogP contribution is 2.38. The maximum absolute atomic E-state index is 13.9. The number of aliphatic carboxylic acids is 1. The molecule has 1 aliphatic carbocycles. The van der Waals surface area contributed by atoms with E-state index in [1.807, 2.05) is 12.1 Å². The van der Waals surface area contributed by atoms with Crippen molar-refractivity contribution in [2.75, 3.05) is 13.1 Å². The zero-order valence-corrected chi connectivity index (χ0v) is 16.8. The third-order valence-electron chi connectivity index (χ3n) is 5.80. The number of carboxylic acid groups (broad SMARTS) is 1. The van der Waals surface area contributed by atoms with E-state index in [9.17, 15) is 14.3 Å². The molecule has 154 valence electrons. The number of nitrogens with zero attached hydrogens (tertiary/aromatic N) is 2. The fourth-order valence-corrected chi connectivity index (χ4v) is 4.23. The van der Waals surface area contributed by atoms with Crippen molar-refractivity contribution in [2.24, 2.45) is 5.92 Å². The molecular weight excluding hydrogens is 395 g/mol. The Labute approximate surface area is 174 Å². The van der Waals surface area contributed by atoms with Crippen LogP contribution >= 0.6 is 11.6 Å². The Bertz CT molecular complexity index is 882. The summed E-state index contributed by atoms with van der Waals surface area (Å²) in [7, 11) is 0. The molecule has 0 amide bonds. The van der Waals surface area contributed by atoms with Crippen molar-refractivity contribution in [1.82, 2.24) is 9.88 Å². The van der Waals surface area contributed by atoms with Crippen molar-refractivity contribution in [2.45, 2.75) is 44.2 Å². The fraction of sp³-hybridized carbons (Fsp3) is 0.455. The van der Waals surface area contributed by atoms with Gasteiger partial charge in [0, 0.05) is 28.3 Å². The number of benzene rings is 1. The molecule has 29 heavy (non-hydrogen) atoms. The van der Waals surface area contributed by atoms with Crippen molar-refractivity contribution in [3.63, 3.8) is 0 Å².